The molecule has 0 N–H and O–H groups in total. The zero-order valence-corrected chi connectivity index (χ0v) is 11.9. The summed E-state index contributed by atoms with van der Waals surface area (Å²) in [5.41, 5.74) is 1.55. The summed E-state index contributed by atoms with van der Waals surface area (Å²) in [6, 6.07) is 10.2. The van der Waals surface area contributed by atoms with Crippen LogP contribution >= 0.6 is 0 Å². The summed E-state index contributed by atoms with van der Waals surface area (Å²) in [7, 11) is 0. The number of hydrogen-bond acceptors (Lipinski definition) is 1. The van der Waals surface area contributed by atoms with Crippen LogP contribution in [0.1, 0.15) is 24.5 Å². The first kappa shape index (κ1) is 13.9. The lowest BCUT2D eigenvalue weighted by Crippen LogP contribution is -2.08. The molecular weight excluding hydrogens is 270 g/mol. The van der Waals surface area contributed by atoms with Crippen LogP contribution in [-0.4, -0.2) is 6.29 Å². The Balaban J connectivity index is 2.00. The van der Waals surface area contributed by atoms with Crippen molar-refractivity contribution in [1.82, 2.24) is 0 Å². The van der Waals surface area contributed by atoms with Crippen molar-refractivity contribution in [3.8, 4) is 0 Å². The SMILES string of the molecule is [3H]c1ccc(CCC(C=O)Cc2cc(F)c(C)c(F)c2)cc1. The van der Waals surface area contributed by atoms with E-state index in [2.05, 4.69) is 0 Å². The fourth-order valence-corrected chi connectivity index (χ4v) is 2.28. The van der Waals surface area contributed by atoms with E-state index < -0.39 is 11.6 Å². The van der Waals surface area contributed by atoms with Gasteiger partial charge in [-0.3, -0.25) is 0 Å². The minimum absolute atomic E-state index is 0.00175. The van der Waals surface area contributed by atoms with E-state index >= 15 is 0 Å². The lowest BCUT2D eigenvalue weighted by atomic mass is 9.93. The predicted molar refractivity (Wildman–Crippen MR) is 79.1 cm³/mol. The quantitative estimate of drug-likeness (QED) is 0.726. The van der Waals surface area contributed by atoms with Gasteiger partial charge in [-0.1, -0.05) is 30.3 Å². The van der Waals surface area contributed by atoms with Crippen molar-refractivity contribution in [3.05, 3.63) is 70.8 Å². The van der Waals surface area contributed by atoms with Crippen LogP contribution in [-0.2, 0) is 17.6 Å². The zero-order valence-electron chi connectivity index (χ0n) is 12.9. The van der Waals surface area contributed by atoms with E-state index in [0.29, 0.717) is 30.9 Å². The molecule has 0 saturated heterocycles. The molecule has 0 aliphatic heterocycles. The second kappa shape index (κ2) is 7.11. The van der Waals surface area contributed by atoms with Gasteiger partial charge in [0, 0.05) is 11.5 Å². The molecule has 3 heteroatoms. The van der Waals surface area contributed by atoms with Gasteiger partial charge in [-0.15, -0.1) is 0 Å². The molecular formula is C18H18F2O. The van der Waals surface area contributed by atoms with Crippen LogP contribution in [0.15, 0.2) is 42.4 Å². The molecule has 21 heavy (non-hydrogen) atoms. The molecule has 0 aromatic heterocycles. The first-order valence-electron chi connectivity index (χ1n) is 7.45. The Morgan fingerprint density at radius 2 is 1.81 bits per heavy atom. The molecule has 2 aromatic rings. The van der Waals surface area contributed by atoms with Crippen LogP contribution in [0.3, 0.4) is 0 Å². The minimum atomic E-state index is -0.578. The lowest BCUT2D eigenvalue weighted by molar-refractivity contribution is -0.111. The van der Waals surface area contributed by atoms with Crippen LogP contribution in [0.25, 0.3) is 0 Å². The van der Waals surface area contributed by atoms with E-state index in [-0.39, 0.29) is 11.5 Å². The highest BCUT2D eigenvalue weighted by atomic mass is 19.1. The molecule has 0 saturated carbocycles. The Labute approximate surface area is 125 Å². The number of carbonyl (C=O) groups is 1. The van der Waals surface area contributed by atoms with Crippen molar-refractivity contribution in [2.75, 3.05) is 0 Å². The van der Waals surface area contributed by atoms with E-state index in [1.54, 1.807) is 12.1 Å². The van der Waals surface area contributed by atoms with Crippen LogP contribution in [0.5, 0.6) is 0 Å². The maximum Gasteiger partial charge on any atom is 0.129 e. The standard InChI is InChI=1S/C18H18F2O/c1-13-17(19)10-16(11-18(13)20)9-15(12-21)8-7-14-5-3-2-4-6-14/h2-6,10-12,15H,7-9H2,1H3/i2T. The number of benzene rings is 2. The van der Waals surface area contributed by atoms with Gasteiger partial charge < -0.3 is 4.79 Å². The van der Waals surface area contributed by atoms with E-state index in [4.69, 9.17) is 1.37 Å². The molecule has 0 fully saturated rings. The fraction of sp³-hybridized carbons (Fsp3) is 0.278. The molecule has 0 radical (unpaired) electrons. The monoisotopic (exact) mass is 290 g/mol. The number of aryl methyl sites for hydroxylation is 1. The topological polar surface area (TPSA) is 17.1 Å². The largest absolute Gasteiger partial charge is 0.303 e. The smallest absolute Gasteiger partial charge is 0.129 e. The molecule has 0 bridgehead atoms. The van der Waals surface area contributed by atoms with Crippen molar-refractivity contribution in [2.45, 2.75) is 26.2 Å². The summed E-state index contributed by atoms with van der Waals surface area (Å²) in [6.07, 6.45) is 2.47. The van der Waals surface area contributed by atoms with Crippen LogP contribution < -0.4 is 0 Å². The first-order chi connectivity index (χ1) is 10.5. The number of hydrogen-bond donors (Lipinski definition) is 0. The summed E-state index contributed by atoms with van der Waals surface area (Å²) < 4.78 is 34.5. The molecule has 2 aromatic carbocycles. The predicted octanol–water partition coefficient (Wildman–Crippen LogP) is 4.26. The number of aldehydes is 1. The van der Waals surface area contributed by atoms with E-state index in [9.17, 15) is 13.6 Å². The average Bonchev–Trinajstić information content (AvgIpc) is 2.50. The number of rotatable bonds is 6. The Kier molecular flexibility index (Phi) is 4.72. The molecule has 110 valence electrons. The molecule has 1 atom stereocenters. The van der Waals surface area contributed by atoms with Crippen molar-refractivity contribution in [2.24, 2.45) is 5.92 Å². The summed E-state index contributed by atoms with van der Waals surface area (Å²) in [6.45, 7) is 1.39. The molecule has 2 rings (SSSR count). The van der Waals surface area contributed by atoms with Crippen molar-refractivity contribution in [3.63, 3.8) is 0 Å². The molecule has 0 aliphatic carbocycles. The first-order valence-corrected chi connectivity index (χ1v) is 6.95. The Hall–Kier alpha value is -2.03. The highest BCUT2D eigenvalue weighted by molar-refractivity contribution is 5.54. The van der Waals surface area contributed by atoms with Gasteiger partial charge in [0.25, 0.3) is 0 Å². The van der Waals surface area contributed by atoms with Gasteiger partial charge in [0.15, 0.2) is 0 Å². The van der Waals surface area contributed by atoms with Crippen molar-refractivity contribution < 1.29 is 14.9 Å². The molecule has 0 amide bonds. The second-order valence-electron chi connectivity index (χ2n) is 5.23. The number of carbonyl (C=O) groups excluding carboxylic acids is 1. The Morgan fingerprint density at radius 3 is 2.38 bits per heavy atom. The van der Waals surface area contributed by atoms with Crippen LogP contribution in [0.2, 0.25) is 0 Å². The zero-order chi connectivity index (χ0) is 16.1. The maximum absolute atomic E-state index is 13.5. The van der Waals surface area contributed by atoms with E-state index in [1.165, 1.54) is 19.1 Å². The molecule has 0 spiro atoms. The third-order valence-electron chi connectivity index (χ3n) is 3.62. The Bertz CT molecular complexity index is 630. The normalized spacial score (nSPS) is 12.8. The van der Waals surface area contributed by atoms with Crippen LogP contribution in [0, 0.1) is 24.5 Å². The fourth-order valence-electron chi connectivity index (χ4n) is 2.28. The van der Waals surface area contributed by atoms with Crippen molar-refractivity contribution in [1.29, 1.82) is 0 Å². The second-order valence-corrected chi connectivity index (χ2v) is 5.23. The summed E-state index contributed by atoms with van der Waals surface area (Å²) in [5.74, 6) is -1.44. The minimum Gasteiger partial charge on any atom is -0.303 e. The molecule has 1 unspecified atom stereocenters. The summed E-state index contributed by atoms with van der Waals surface area (Å²) in [4.78, 5) is 11.2. The Morgan fingerprint density at radius 1 is 1.19 bits per heavy atom. The average molecular weight is 290 g/mol. The molecule has 0 heterocycles. The third-order valence-corrected chi connectivity index (χ3v) is 3.62. The molecule has 1 nitrogen and oxygen atoms in total. The highest BCUT2D eigenvalue weighted by Gasteiger charge is 2.12. The highest BCUT2D eigenvalue weighted by Crippen LogP contribution is 2.19. The molecule has 0 aliphatic rings. The van der Waals surface area contributed by atoms with E-state index in [0.717, 1.165) is 11.8 Å². The maximum atomic E-state index is 13.5. The van der Waals surface area contributed by atoms with Gasteiger partial charge >= 0.3 is 0 Å². The third kappa shape index (κ3) is 4.22. The van der Waals surface area contributed by atoms with Gasteiger partial charge in [-0.25, -0.2) is 8.78 Å². The summed E-state index contributed by atoms with van der Waals surface area (Å²) in [5, 5.41) is 0. The summed E-state index contributed by atoms with van der Waals surface area (Å²) >= 11 is 0. The van der Waals surface area contributed by atoms with Gasteiger partial charge in [0.05, 0.1) is 1.37 Å². The van der Waals surface area contributed by atoms with Gasteiger partial charge in [-0.05, 0) is 49.4 Å². The van der Waals surface area contributed by atoms with Gasteiger partial charge in [0.2, 0.25) is 0 Å². The van der Waals surface area contributed by atoms with Crippen molar-refractivity contribution >= 4 is 6.29 Å². The lowest BCUT2D eigenvalue weighted by Gasteiger charge is -2.11. The van der Waals surface area contributed by atoms with E-state index in [1.807, 2.05) is 12.1 Å². The van der Waals surface area contributed by atoms with Gasteiger partial charge in [0.1, 0.15) is 17.9 Å². The van der Waals surface area contributed by atoms with Gasteiger partial charge in [-0.2, -0.15) is 0 Å². The number of halogens is 2. The van der Waals surface area contributed by atoms with Crippen LogP contribution in [0.4, 0.5) is 8.78 Å².